The second-order valence-electron chi connectivity index (χ2n) is 4.22. The molecule has 0 bridgehead atoms. The highest BCUT2D eigenvalue weighted by Crippen LogP contribution is 2.30. The van der Waals surface area contributed by atoms with Crippen molar-refractivity contribution in [2.75, 3.05) is 11.9 Å². The summed E-state index contributed by atoms with van der Waals surface area (Å²) < 4.78 is 1.81. The molecule has 1 aromatic heterocycles. The molecule has 0 atom stereocenters. The summed E-state index contributed by atoms with van der Waals surface area (Å²) >= 11 is 0. The number of hydrogen-bond donors (Lipinski definition) is 0. The van der Waals surface area contributed by atoms with E-state index < -0.39 is 0 Å². The lowest BCUT2D eigenvalue weighted by molar-refractivity contribution is 0.396. The number of aromatic nitrogens is 2. The standard InChI is InChI=1S/C11H16N4/c1-8-10(7-12)11(15(3)13-8)14(2)9-5-4-6-9/h9H,4-6H2,1-3H3. The number of hydrogen-bond acceptors (Lipinski definition) is 3. The average molecular weight is 204 g/mol. The summed E-state index contributed by atoms with van der Waals surface area (Å²) in [7, 11) is 3.96. The molecule has 0 spiro atoms. The number of rotatable bonds is 2. The van der Waals surface area contributed by atoms with Gasteiger partial charge in [0.05, 0.1) is 5.69 Å². The first-order valence-electron chi connectivity index (χ1n) is 5.31. The van der Waals surface area contributed by atoms with Crippen LogP contribution in [0.1, 0.15) is 30.5 Å². The van der Waals surface area contributed by atoms with Gasteiger partial charge in [-0.1, -0.05) is 0 Å². The fourth-order valence-corrected chi connectivity index (χ4v) is 2.13. The Morgan fingerprint density at radius 2 is 2.20 bits per heavy atom. The Hall–Kier alpha value is -1.50. The Morgan fingerprint density at radius 3 is 2.67 bits per heavy atom. The summed E-state index contributed by atoms with van der Waals surface area (Å²) in [6.45, 7) is 1.89. The van der Waals surface area contributed by atoms with Crippen LogP contribution in [-0.4, -0.2) is 22.9 Å². The van der Waals surface area contributed by atoms with Crippen LogP contribution in [0.3, 0.4) is 0 Å². The minimum Gasteiger partial charge on any atom is -0.356 e. The van der Waals surface area contributed by atoms with E-state index in [0.717, 1.165) is 11.5 Å². The summed E-state index contributed by atoms with van der Waals surface area (Å²) in [5.41, 5.74) is 1.54. The van der Waals surface area contributed by atoms with Crippen molar-refractivity contribution in [2.24, 2.45) is 7.05 Å². The maximum absolute atomic E-state index is 9.10. The third-order valence-corrected chi connectivity index (χ3v) is 3.26. The van der Waals surface area contributed by atoms with Gasteiger partial charge in [-0.2, -0.15) is 10.4 Å². The van der Waals surface area contributed by atoms with Gasteiger partial charge in [-0.05, 0) is 26.2 Å². The van der Waals surface area contributed by atoms with Crippen LogP contribution in [0.15, 0.2) is 0 Å². The lowest BCUT2D eigenvalue weighted by Gasteiger charge is -2.36. The third kappa shape index (κ3) is 1.48. The van der Waals surface area contributed by atoms with Crippen LogP contribution in [0, 0.1) is 18.3 Å². The molecular weight excluding hydrogens is 188 g/mol. The Kier molecular flexibility index (Phi) is 2.39. The Morgan fingerprint density at radius 1 is 1.53 bits per heavy atom. The molecule has 4 heteroatoms. The Labute approximate surface area is 90.1 Å². The van der Waals surface area contributed by atoms with E-state index in [-0.39, 0.29) is 0 Å². The quantitative estimate of drug-likeness (QED) is 0.734. The maximum Gasteiger partial charge on any atom is 0.144 e. The van der Waals surface area contributed by atoms with E-state index in [2.05, 4.69) is 23.1 Å². The molecular formula is C11H16N4. The highest BCUT2D eigenvalue weighted by Gasteiger charge is 2.26. The molecule has 0 radical (unpaired) electrons. The zero-order chi connectivity index (χ0) is 11.0. The molecule has 2 rings (SSSR count). The van der Waals surface area contributed by atoms with Crippen molar-refractivity contribution >= 4 is 5.82 Å². The largest absolute Gasteiger partial charge is 0.356 e. The van der Waals surface area contributed by atoms with Crippen molar-refractivity contribution in [3.05, 3.63) is 11.3 Å². The minimum absolute atomic E-state index is 0.590. The summed E-state index contributed by atoms with van der Waals surface area (Å²) in [5.74, 6) is 0.958. The first kappa shape index (κ1) is 10.0. The zero-order valence-electron chi connectivity index (χ0n) is 9.49. The average Bonchev–Trinajstić information content (AvgIpc) is 2.37. The van der Waals surface area contributed by atoms with Gasteiger partial charge in [0, 0.05) is 20.1 Å². The molecule has 1 fully saturated rings. The Balaban J connectivity index is 2.37. The van der Waals surface area contributed by atoms with Crippen LogP contribution >= 0.6 is 0 Å². The highest BCUT2D eigenvalue weighted by atomic mass is 15.4. The molecule has 0 aromatic carbocycles. The van der Waals surface area contributed by atoms with Crippen LogP contribution in [-0.2, 0) is 7.05 Å². The molecule has 0 unspecified atom stereocenters. The normalized spacial score (nSPS) is 15.9. The van der Waals surface area contributed by atoms with Gasteiger partial charge < -0.3 is 4.90 Å². The molecule has 1 heterocycles. The van der Waals surface area contributed by atoms with Gasteiger partial charge in [-0.25, -0.2) is 0 Å². The predicted molar refractivity (Wildman–Crippen MR) is 58.7 cm³/mol. The van der Waals surface area contributed by atoms with Crippen molar-refractivity contribution in [1.82, 2.24) is 9.78 Å². The van der Waals surface area contributed by atoms with Crippen LogP contribution < -0.4 is 4.90 Å². The molecule has 0 N–H and O–H groups in total. The number of aryl methyl sites for hydroxylation is 2. The van der Waals surface area contributed by atoms with Gasteiger partial charge in [0.25, 0.3) is 0 Å². The van der Waals surface area contributed by atoms with E-state index in [0.29, 0.717) is 11.6 Å². The molecule has 15 heavy (non-hydrogen) atoms. The van der Waals surface area contributed by atoms with E-state index >= 15 is 0 Å². The number of nitriles is 1. The topological polar surface area (TPSA) is 44.9 Å². The zero-order valence-corrected chi connectivity index (χ0v) is 9.49. The second-order valence-corrected chi connectivity index (χ2v) is 4.22. The summed E-state index contributed by atoms with van der Waals surface area (Å²) in [5, 5.41) is 13.4. The molecule has 1 aliphatic carbocycles. The van der Waals surface area contributed by atoms with Crippen LogP contribution in [0.2, 0.25) is 0 Å². The van der Waals surface area contributed by atoms with Gasteiger partial charge >= 0.3 is 0 Å². The fourth-order valence-electron chi connectivity index (χ4n) is 2.13. The summed E-state index contributed by atoms with van der Waals surface area (Å²) in [4.78, 5) is 2.20. The first-order chi connectivity index (χ1) is 7.15. The van der Waals surface area contributed by atoms with Crippen molar-refractivity contribution in [2.45, 2.75) is 32.2 Å². The maximum atomic E-state index is 9.10. The van der Waals surface area contributed by atoms with Gasteiger partial charge in [0.1, 0.15) is 17.5 Å². The smallest absolute Gasteiger partial charge is 0.144 e. The van der Waals surface area contributed by atoms with Gasteiger partial charge in [0.2, 0.25) is 0 Å². The van der Waals surface area contributed by atoms with E-state index in [1.807, 2.05) is 18.7 Å². The van der Waals surface area contributed by atoms with Gasteiger partial charge in [-0.15, -0.1) is 0 Å². The third-order valence-electron chi connectivity index (χ3n) is 3.26. The molecule has 1 aromatic rings. The lowest BCUT2D eigenvalue weighted by Crippen LogP contribution is -2.38. The molecule has 0 amide bonds. The molecule has 1 aliphatic rings. The van der Waals surface area contributed by atoms with Gasteiger partial charge in [0.15, 0.2) is 0 Å². The predicted octanol–water partition coefficient (Wildman–Crippen LogP) is 1.59. The molecule has 4 nitrogen and oxygen atoms in total. The van der Waals surface area contributed by atoms with E-state index in [9.17, 15) is 0 Å². The second kappa shape index (κ2) is 3.58. The van der Waals surface area contributed by atoms with Crippen molar-refractivity contribution in [3.8, 4) is 6.07 Å². The van der Waals surface area contributed by atoms with Crippen LogP contribution in [0.5, 0.6) is 0 Å². The van der Waals surface area contributed by atoms with Crippen molar-refractivity contribution < 1.29 is 0 Å². The van der Waals surface area contributed by atoms with Gasteiger partial charge in [-0.3, -0.25) is 4.68 Å². The number of nitrogens with zero attached hydrogens (tertiary/aromatic N) is 4. The van der Waals surface area contributed by atoms with Crippen molar-refractivity contribution in [3.63, 3.8) is 0 Å². The van der Waals surface area contributed by atoms with Crippen molar-refractivity contribution in [1.29, 1.82) is 5.26 Å². The van der Waals surface area contributed by atoms with E-state index in [1.165, 1.54) is 19.3 Å². The molecule has 80 valence electrons. The summed E-state index contributed by atoms with van der Waals surface area (Å²) in [6, 6.07) is 2.83. The SMILES string of the molecule is Cc1nn(C)c(N(C)C2CCC2)c1C#N. The van der Waals surface area contributed by atoms with E-state index in [4.69, 9.17) is 5.26 Å². The van der Waals surface area contributed by atoms with Crippen LogP contribution in [0.4, 0.5) is 5.82 Å². The number of anilines is 1. The Bertz CT molecular complexity index is 409. The monoisotopic (exact) mass is 204 g/mol. The lowest BCUT2D eigenvalue weighted by atomic mass is 9.92. The molecule has 1 saturated carbocycles. The molecule has 0 aliphatic heterocycles. The van der Waals surface area contributed by atoms with E-state index in [1.54, 1.807) is 0 Å². The fraction of sp³-hybridized carbons (Fsp3) is 0.636. The minimum atomic E-state index is 0.590. The first-order valence-corrected chi connectivity index (χ1v) is 5.31. The van der Waals surface area contributed by atoms with Crippen LogP contribution in [0.25, 0.3) is 0 Å². The molecule has 0 saturated heterocycles. The summed E-state index contributed by atoms with van der Waals surface area (Å²) in [6.07, 6.45) is 3.75. The highest BCUT2D eigenvalue weighted by molar-refractivity contribution is 5.57.